The van der Waals surface area contributed by atoms with Crippen LogP contribution in [-0.2, 0) is 19.6 Å². The van der Waals surface area contributed by atoms with E-state index < -0.39 is 22.2 Å². The molecule has 10 nitrogen and oxygen atoms in total. The van der Waals surface area contributed by atoms with Gasteiger partial charge in [-0.3, -0.25) is 4.79 Å². The topological polar surface area (TPSA) is 152 Å². The number of halogens is 4. The predicted molar refractivity (Wildman–Crippen MR) is 112 cm³/mol. The standard InChI is InChI=1S/C17H25FN4O4S.C2HF3O2/c1-2-16(23)21-14-5-7-22(8-6-14)27(24,25)15-3-4-17(20-11-15)26-12-13(9-18)10-19;3-2(4,5)1(6)7/h3-4,9,11,14H,2,5-8,10,12,19H2,1H3,(H,21,23);(H,6,7)/b13-9+;. The number of ether oxygens (including phenoxy) is 1. The first-order chi connectivity index (χ1) is 15.8. The van der Waals surface area contributed by atoms with E-state index in [0.717, 1.165) is 0 Å². The number of carboxylic acid groups (broad SMARTS) is 1. The van der Waals surface area contributed by atoms with Gasteiger partial charge < -0.3 is 20.9 Å². The Bertz CT molecular complexity index is 947. The SMILES string of the molecule is CCC(=O)NC1CCN(S(=O)(=O)c2ccc(OC/C(=C/F)CN)nc2)CC1.O=C(O)C(F)(F)F. The molecule has 0 unspecified atom stereocenters. The van der Waals surface area contributed by atoms with E-state index >= 15 is 0 Å². The van der Waals surface area contributed by atoms with Crippen LogP contribution in [0.2, 0.25) is 0 Å². The Balaban J connectivity index is 0.000000718. The van der Waals surface area contributed by atoms with Gasteiger partial charge in [-0.05, 0) is 18.9 Å². The van der Waals surface area contributed by atoms with Gasteiger partial charge in [0, 0.05) is 43.7 Å². The Hall–Kier alpha value is -2.78. The Labute approximate surface area is 193 Å². The van der Waals surface area contributed by atoms with Gasteiger partial charge in [-0.2, -0.15) is 17.5 Å². The average Bonchev–Trinajstić information content (AvgIpc) is 2.80. The Morgan fingerprint density at radius 1 is 1.32 bits per heavy atom. The summed E-state index contributed by atoms with van der Waals surface area (Å²) in [7, 11) is -3.67. The summed E-state index contributed by atoms with van der Waals surface area (Å²) in [5, 5.41) is 10.0. The van der Waals surface area contributed by atoms with Crippen LogP contribution in [0.5, 0.6) is 5.88 Å². The van der Waals surface area contributed by atoms with Crippen molar-refractivity contribution in [1.29, 1.82) is 0 Å². The number of rotatable bonds is 8. The molecule has 34 heavy (non-hydrogen) atoms. The molecule has 1 fully saturated rings. The first-order valence-corrected chi connectivity index (χ1v) is 11.5. The summed E-state index contributed by atoms with van der Waals surface area (Å²) in [6, 6.07) is 2.83. The Morgan fingerprint density at radius 3 is 2.32 bits per heavy atom. The van der Waals surface area contributed by atoms with Crippen molar-refractivity contribution < 1.29 is 45.4 Å². The highest BCUT2D eigenvalue weighted by Crippen LogP contribution is 2.22. The second-order valence-corrected chi connectivity index (χ2v) is 8.93. The van der Waals surface area contributed by atoms with Crippen LogP contribution < -0.4 is 15.8 Å². The monoisotopic (exact) mass is 514 g/mol. The normalized spacial score (nSPS) is 15.8. The second-order valence-electron chi connectivity index (χ2n) is 6.99. The van der Waals surface area contributed by atoms with Crippen molar-refractivity contribution >= 4 is 21.9 Å². The number of alkyl halides is 3. The van der Waals surface area contributed by atoms with E-state index in [9.17, 15) is 30.8 Å². The van der Waals surface area contributed by atoms with Gasteiger partial charge >= 0.3 is 12.1 Å². The van der Waals surface area contributed by atoms with E-state index in [1.807, 2.05) is 0 Å². The maximum atomic E-state index is 12.7. The maximum absolute atomic E-state index is 12.7. The van der Waals surface area contributed by atoms with Crippen LogP contribution in [0.15, 0.2) is 35.1 Å². The number of pyridine rings is 1. The summed E-state index contributed by atoms with van der Waals surface area (Å²) < 4.78 is 76.3. The predicted octanol–water partition coefficient (Wildman–Crippen LogP) is 1.59. The number of hydrogen-bond acceptors (Lipinski definition) is 7. The molecule has 192 valence electrons. The first-order valence-electron chi connectivity index (χ1n) is 10.0. The zero-order chi connectivity index (χ0) is 25.9. The summed E-state index contributed by atoms with van der Waals surface area (Å²) in [4.78, 5) is 24.4. The molecule has 1 saturated heterocycles. The van der Waals surface area contributed by atoms with Crippen molar-refractivity contribution in [2.24, 2.45) is 5.73 Å². The highest BCUT2D eigenvalue weighted by molar-refractivity contribution is 7.89. The third kappa shape index (κ3) is 9.23. The van der Waals surface area contributed by atoms with E-state index in [-0.39, 0.29) is 41.4 Å². The van der Waals surface area contributed by atoms with Crippen LogP contribution in [0.3, 0.4) is 0 Å². The van der Waals surface area contributed by atoms with Crippen LogP contribution in [-0.4, -0.2) is 73.1 Å². The van der Waals surface area contributed by atoms with Gasteiger partial charge in [0.2, 0.25) is 21.8 Å². The zero-order valence-corrected chi connectivity index (χ0v) is 19.0. The van der Waals surface area contributed by atoms with Gasteiger partial charge in [0.25, 0.3) is 0 Å². The van der Waals surface area contributed by atoms with E-state index in [0.29, 0.717) is 38.7 Å². The molecule has 1 aromatic heterocycles. The lowest BCUT2D eigenvalue weighted by Crippen LogP contribution is -2.46. The molecule has 1 amide bonds. The van der Waals surface area contributed by atoms with Gasteiger partial charge in [-0.15, -0.1) is 0 Å². The summed E-state index contributed by atoms with van der Waals surface area (Å²) in [6.45, 7) is 2.41. The van der Waals surface area contributed by atoms with E-state index in [1.54, 1.807) is 6.92 Å². The molecule has 1 aromatic rings. The molecule has 15 heteroatoms. The number of carbonyl (C=O) groups excluding carboxylic acids is 1. The fourth-order valence-corrected chi connectivity index (χ4v) is 4.04. The van der Waals surface area contributed by atoms with E-state index in [2.05, 4.69) is 10.3 Å². The lowest BCUT2D eigenvalue weighted by Gasteiger charge is -2.31. The van der Waals surface area contributed by atoms with Crippen molar-refractivity contribution in [1.82, 2.24) is 14.6 Å². The van der Waals surface area contributed by atoms with Crippen molar-refractivity contribution in [3.63, 3.8) is 0 Å². The largest absolute Gasteiger partial charge is 0.490 e. The minimum atomic E-state index is -5.08. The molecule has 0 radical (unpaired) electrons. The van der Waals surface area contributed by atoms with Gasteiger partial charge in [0.15, 0.2) is 0 Å². The lowest BCUT2D eigenvalue weighted by molar-refractivity contribution is -0.192. The average molecular weight is 514 g/mol. The molecular formula is C19H26F4N4O6S. The molecule has 0 aliphatic carbocycles. The first kappa shape index (κ1) is 29.3. The number of nitrogens with one attached hydrogen (secondary N) is 1. The molecule has 1 aliphatic rings. The van der Waals surface area contributed by atoms with Gasteiger partial charge in [-0.1, -0.05) is 6.92 Å². The number of aromatic nitrogens is 1. The van der Waals surface area contributed by atoms with Crippen molar-refractivity contribution in [3.05, 3.63) is 30.2 Å². The molecule has 0 aromatic carbocycles. The van der Waals surface area contributed by atoms with Crippen LogP contribution in [0.4, 0.5) is 17.6 Å². The lowest BCUT2D eigenvalue weighted by atomic mass is 10.1. The number of sulfonamides is 1. The maximum Gasteiger partial charge on any atom is 0.490 e. The Kier molecular flexibility index (Phi) is 11.4. The number of carboxylic acids is 1. The molecule has 1 aliphatic heterocycles. The number of nitrogens with two attached hydrogens (primary N) is 1. The highest BCUT2D eigenvalue weighted by atomic mass is 32.2. The molecule has 0 spiro atoms. The van der Waals surface area contributed by atoms with Crippen LogP contribution >= 0.6 is 0 Å². The summed E-state index contributed by atoms with van der Waals surface area (Å²) in [5.41, 5.74) is 5.61. The molecule has 0 bridgehead atoms. The number of piperidine rings is 1. The number of nitrogens with zero attached hydrogens (tertiary/aromatic N) is 2. The molecule has 0 saturated carbocycles. The van der Waals surface area contributed by atoms with Gasteiger partial charge in [0.1, 0.15) is 11.5 Å². The number of aliphatic carboxylic acids is 1. The zero-order valence-electron chi connectivity index (χ0n) is 18.2. The summed E-state index contributed by atoms with van der Waals surface area (Å²) >= 11 is 0. The second kappa shape index (κ2) is 13.2. The number of amides is 1. The van der Waals surface area contributed by atoms with Crippen molar-refractivity contribution in [2.45, 2.75) is 43.3 Å². The molecular weight excluding hydrogens is 488 g/mol. The molecule has 2 heterocycles. The molecule has 2 rings (SSSR count). The third-order valence-corrected chi connectivity index (χ3v) is 6.43. The molecule has 4 N–H and O–H groups in total. The molecule has 0 atom stereocenters. The van der Waals surface area contributed by atoms with Crippen molar-refractivity contribution in [3.8, 4) is 5.88 Å². The summed E-state index contributed by atoms with van der Waals surface area (Å²) in [6.07, 6.45) is -1.94. The van der Waals surface area contributed by atoms with Gasteiger partial charge in [-0.25, -0.2) is 22.6 Å². The Morgan fingerprint density at radius 2 is 1.91 bits per heavy atom. The number of hydrogen-bond donors (Lipinski definition) is 3. The number of carbonyl (C=O) groups is 2. The van der Waals surface area contributed by atoms with E-state index in [1.165, 1.54) is 22.6 Å². The summed E-state index contributed by atoms with van der Waals surface area (Å²) in [5.74, 6) is -2.60. The van der Waals surface area contributed by atoms with Crippen LogP contribution in [0.25, 0.3) is 0 Å². The van der Waals surface area contributed by atoms with Crippen molar-refractivity contribution in [2.75, 3.05) is 26.2 Å². The minimum absolute atomic E-state index is 0.00176. The third-order valence-electron chi connectivity index (χ3n) is 4.55. The quantitative estimate of drug-likeness (QED) is 0.442. The van der Waals surface area contributed by atoms with Crippen LogP contribution in [0.1, 0.15) is 26.2 Å². The smallest absolute Gasteiger partial charge is 0.475 e. The fraction of sp³-hybridized carbons (Fsp3) is 0.526. The van der Waals surface area contributed by atoms with E-state index in [4.69, 9.17) is 20.4 Å². The highest BCUT2D eigenvalue weighted by Gasteiger charge is 2.38. The minimum Gasteiger partial charge on any atom is -0.475 e. The fourth-order valence-electron chi connectivity index (χ4n) is 2.63. The van der Waals surface area contributed by atoms with Crippen LogP contribution in [0, 0.1) is 0 Å². The van der Waals surface area contributed by atoms with Gasteiger partial charge in [0.05, 0.1) is 12.5 Å².